The van der Waals surface area contributed by atoms with E-state index < -0.39 is 6.04 Å². The van der Waals surface area contributed by atoms with Gasteiger partial charge in [-0.1, -0.05) is 79.2 Å². The van der Waals surface area contributed by atoms with Gasteiger partial charge in [-0.2, -0.15) is 0 Å². The molecule has 0 aliphatic heterocycles. The molecule has 0 aliphatic rings. The Labute approximate surface area is 209 Å². The second-order valence-corrected chi connectivity index (χ2v) is 9.14. The highest BCUT2D eigenvalue weighted by Crippen LogP contribution is 2.18. The van der Waals surface area contributed by atoms with Crippen molar-refractivity contribution in [1.82, 2.24) is 10.2 Å². The van der Waals surface area contributed by atoms with Crippen LogP contribution in [0.25, 0.3) is 0 Å². The van der Waals surface area contributed by atoms with Gasteiger partial charge in [0.2, 0.25) is 5.91 Å². The fraction of sp³-hybridized carbons (Fsp3) is 0.333. The van der Waals surface area contributed by atoms with E-state index in [4.69, 9.17) is 4.74 Å². The zero-order valence-corrected chi connectivity index (χ0v) is 21.2. The first kappa shape index (κ1) is 26.0. The van der Waals surface area contributed by atoms with Crippen molar-refractivity contribution in [2.75, 3.05) is 6.61 Å². The van der Waals surface area contributed by atoms with E-state index in [1.165, 1.54) is 0 Å². The third kappa shape index (κ3) is 7.99. The molecule has 0 heterocycles. The first-order valence-corrected chi connectivity index (χ1v) is 12.2. The van der Waals surface area contributed by atoms with Crippen LogP contribution in [-0.4, -0.2) is 35.4 Å². The van der Waals surface area contributed by atoms with Crippen molar-refractivity contribution in [1.29, 1.82) is 0 Å². The quantitative estimate of drug-likeness (QED) is 0.415. The average molecular weight is 473 g/mol. The van der Waals surface area contributed by atoms with Gasteiger partial charge in [-0.15, -0.1) is 0 Å². The molecule has 0 aromatic heterocycles. The maximum atomic E-state index is 13.6. The summed E-state index contributed by atoms with van der Waals surface area (Å²) in [6.45, 7) is 8.19. The summed E-state index contributed by atoms with van der Waals surface area (Å²) in [5.41, 5.74) is 4.14. The van der Waals surface area contributed by atoms with Crippen LogP contribution in [0.4, 0.5) is 0 Å². The topological polar surface area (TPSA) is 58.6 Å². The number of amides is 2. The van der Waals surface area contributed by atoms with E-state index in [0.29, 0.717) is 18.7 Å². The lowest BCUT2D eigenvalue weighted by Crippen LogP contribution is -2.53. The smallest absolute Gasteiger partial charge is 0.261 e. The molecule has 2 amide bonds. The Morgan fingerprint density at radius 2 is 1.54 bits per heavy atom. The number of hydrogen-bond acceptors (Lipinski definition) is 3. The standard InChI is InChI=1S/C30H36N2O3/c1-5-24(4)31-30(34)28(19-25-13-7-6-8-14-25)32(20-26-15-9-11-22(2)17-26)29(33)21-35-27-16-10-12-23(3)18-27/h6-18,24,28H,5,19-21H2,1-4H3,(H,31,34). The van der Waals surface area contributed by atoms with E-state index in [2.05, 4.69) is 5.32 Å². The first-order valence-electron chi connectivity index (χ1n) is 12.2. The predicted octanol–water partition coefficient (Wildman–Crippen LogP) is 5.24. The Balaban J connectivity index is 1.91. The fourth-order valence-electron chi connectivity index (χ4n) is 3.94. The van der Waals surface area contributed by atoms with Gasteiger partial charge in [0.05, 0.1) is 0 Å². The number of carbonyl (C=O) groups is 2. The van der Waals surface area contributed by atoms with Crippen LogP contribution in [0.3, 0.4) is 0 Å². The van der Waals surface area contributed by atoms with Gasteiger partial charge < -0.3 is 15.0 Å². The van der Waals surface area contributed by atoms with E-state index >= 15 is 0 Å². The molecule has 2 unspecified atom stereocenters. The third-order valence-corrected chi connectivity index (χ3v) is 6.06. The van der Waals surface area contributed by atoms with Crippen molar-refractivity contribution < 1.29 is 14.3 Å². The molecule has 5 heteroatoms. The molecule has 5 nitrogen and oxygen atoms in total. The minimum Gasteiger partial charge on any atom is -0.484 e. The molecule has 0 bridgehead atoms. The largest absolute Gasteiger partial charge is 0.484 e. The zero-order chi connectivity index (χ0) is 25.2. The molecule has 2 atom stereocenters. The summed E-state index contributed by atoms with van der Waals surface area (Å²) >= 11 is 0. The highest BCUT2D eigenvalue weighted by molar-refractivity contribution is 5.88. The van der Waals surface area contributed by atoms with E-state index in [9.17, 15) is 9.59 Å². The molecular formula is C30H36N2O3. The molecule has 3 aromatic rings. The Morgan fingerprint density at radius 3 is 2.20 bits per heavy atom. The lowest BCUT2D eigenvalue weighted by molar-refractivity contribution is -0.143. The van der Waals surface area contributed by atoms with Crippen LogP contribution >= 0.6 is 0 Å². The van der Waals surface area contributed by atoms with Crippen molar-refractivity contribution in [3.05, 3.63) is 101 Å². The minimum absolute atomic E-state index is 0.0141. The maximum absolute atomic E-state index is 13.6. The number of aryl methyl sites for hydroxylation is 2. The first-order chi connectivity index (χ1) is 16.9. The van der Waals surface area contributed by atoms with Gasteiger partial charge in [0.25, 0.3) is 5.91 Å². The van der Waals surface area contributed by atoms with Crippen molar-refractivity contribution >= 4 is 11.8 Å². The predicted molar refractivity (Wildman–Crippen MR) is 140 cm³/mol. The lowest BCUT2D eigenvalue weighted by atomic mass is 10.0. The second kappa shape index (κ2) is 12.7. The summed E-state index contributed by atoms with van der Waals surface area (Å²) in [7, 11) is 0. The number of benzene rings is 3. The third-order valence-electron chi connectivity index (χ3n) is 6.06. The molecule has 35 heavy (non-hydrogen) atoms. The molecule has 3 aromatic carbocycles. The van der Waals surface area contributed by atoms with E-state index in [1.54, 1.807) is 4.90 Å². The highest BCUT2D eigenvalue weighted by atomic mass is 16.5. The van der Waals surface area contributed by atoms with Crippen LogP contribution in [0.1, 0.15) is 42.5 Å². The molecule has 0 spiro atoms. The highest BCUT2D eigenvalue weighted by Gasteiger charge is 2.31. The maximum Gasteiger partial charge on any atom is 0.261 e. The summed E-state index contributed by atoms with van der Waals surface area (Å²) in [6.07, 6.45) is 1.23. The SMILES string of the molecule is CCC(C)NC(=O)C(Cc1ccccc1)N(Cc1cccc(C)c1)C(=O)COc1cccc(C)c1. The van der Waals surface area contributed by atoms with E-state index in [1.807, 2.05) is 107 Å². The van der Waals surface area contributed by atoms with Crippen molar-refractivity contribution in [2.45, 2.75) is 59.2 Å². The van der Waals surface area contributed by atoms with Gasteiger partial charge in [0, 0.05) is 19.0 Å². The monoisotopic (exact) mass is 472 g/mol. The van der Waals surface area contributed by atoms with Gasteiger partial charge in [-0.05, 0) is 56.0 Å². The Morgan fingerprint density at radius 1 is 0.886 bits per heavy atom. The Bertz CT molecular complexity index is 1110. The lowest BCUT2D eigenvalue weighted by Gasteiger charge is -2.32. The van der Waals surface area contributed by atoms with Gasteiger partial charge in [0.15, 0.2) is 6.61 Å². The van der Waals surface area contributed by atoms with Crippen LogP contribution in [0.15, 0.2) is 78.9 Å². The number of carbonyl (C=O) groups excluding carboxylic acids is 2. The Kier molecular flexibility index (Phi) is 9.47. The minimum atomic E-state index is -0.666. The molecule has 0 fully saturated rings. The van der Waals surface area contributed by atoms with E-state index in [-0.39, 0.29) is 24.5 Å². The van der Waals surface area contributed by atoms with Crippen LogP contribution < -0.4 is 10.1 Å². The summed E-state index contributed by atoms with van der Waals surface area (Å²) in [5.74, 6) is 0.255. The summed E-state index contributed by atoms with van der Waals surface area (Å²) in [4.78, 5) is 28.8. The van der Waals surface area contributed by atoms with Crippen molar-refractivity contribution in [2.24, 2.45) is 0 Å². The van der Waals surface area contributed by atoms with Crippen molar-refractivity contribution in [3.8, 4) is 5.75 Å². The molecule has 0 saturated carbocycles. The van der Waals surface area contributed by atoms with Gasteiger partial charge in [0.1, 0.15) is 11.8 Å². The van der Waals surface area contributed by atoms with Gasteiger partial charge in [-0.25, -0.2) is 0 Å². The number of ether oxygens (including phenoxy) is 1. The van der Waals surface area contributed by atoms with Crippen LogP contribution in [0.5, 0.6) is 5.75 Å². The normalized spacial score (nSPS) is 12.5. The number of rotatable bonds is 11. The van der Waals surface area contributed by atoms with Crippen LogP contribution in [-0.2, 0) is 22.6 Å². The molecule has 0 aliphatic carbocycles. The second-order valence-electron chi connectivity index (χ2n) is 9.14. The summed E-state index contributed by atoms with van der Waals surface area (Å²) in [6, 6.07) is 24.8. The fourth-order valence-corrected chi connectivity index (χ4v) is 3.94. The van der Waals surface area contributed by atoms with Gasteiger partial charge >= 0.3 is 0 Å². The van der Waals surface area contributed by atoms with Crippen LogP contribution in [0.2, 0.25) is 0 Å². The van der Waals surface area contributed by atoms with Gasteiger partial charge in [-0.3, -0.25) is 9.59 Å². The molecule has 1 N–H and O–H groups in total. The number of nitrogens with zero attached hydrogens (tertiary/aromatic N) is 1. The average Bonchev–Trinajstić information content (AvgIpc) is 2.85. The number of nitrogens with one attached hydrogen (secondary N) is 1. The zero-order valence-electron chi connectivity index (χ0n) is 21.2. The van der Waals surface area contributed by atoms with Crippen molar-refractivity contribution in [3.63, 3.8) is 0 Å². The Hall–Kier alpha value is -3.60. The molecule has 184 valence electrons. The van der Waals surface area contributed by atoms with Crippen LogP contribution in [0, 0.1) is 13.8 Å². The molecule has 0 saturated heterocycles. The summed E-state index contributed by atoms with van der Waals surface area (Å²) < 4.78 is 5.85. The number of hydrogen-bond donors (Lipinski definition) is 1. The van der Waals surface area contributed by atoms with E-state index in [0.717, 1.165) is 28.7 Å². The summed E-state index contributed by atoms with van der Waals surface area (Å²) in [5, 5.41) is 3.09. The molecular weight excluding hydrogens is 436 g/mol. The molecule has 3 rings (SSSR count). The molecule has 0 radical (unpaired) electrons.